The lowest BCUT2D eigenvalue weighted by Gasteiger charge is -2.16. The third-order valence-corrected chi connectivity index (χ3v) is 4.10. The molecule has 0 spiro atoms. The molecule has 1 aromatic rings. The minimum Gasteiger partial charge on any atom is -0.305 e. The number of benzene rings is 1. The van der Waals surface area contributed by atoms with E-state index in [9.17, 15) is 4.39 Å². The van der Waals surface area contributed by atoms with Gasteiger partial charge in [-0.15, -0.1) is 0 Å². The molecule has 1 aliphatic heterocycles. The number of likely N-dealkylation sites (N-methyl/N-ethyl adjacent to an activating group) is 1. The third-order valence-electron chi connectivity index (χ3n) is 3.81. The molecule has 1 unspecified atom stereocenters. The van der Waals surface area contributed by atoms with Crippen LogP contribution >= 0.6 is 11.6 Å². The van der Waals surface area contributed by atoms with Crippen molar-refractivity contribution >= 4 is 11.6 Å². The normalized spacial score (nSPS) is 34.2. The molecule has 15 heavy (non-hydrogen) atoms. The van der Waals surface area contributed by atoms with Crippen molar-refractivity contribution in [2.24, 2.45) is 5.92 Å². The molecule has 1 aliphatic carbocycles. The van der Waals surface area contributed by atoms with Crippen LogP contribution in [0.2, 0.25) is 5.02 Å². The average molecular weight is 226 g/mol. The van der Waals surface area contributed by atoms with Gasteiger partial charge in [-0.1, -0.05) is 17.7 Å². The van der Waals surface area contributed by atoms with Gasteiger partial charge in [-0.05, 0) is 37.1 Å². The van der Waals surface area contributed by atoms with E-state index >= 15 is 0 Å². The molecule has 2 fully saturated rings. The van der Waals surface area contributed by atoms with Crippen molar-refractivity contribution in [1.82, 2.24) is 4.90 Å². The zero-order chi connectivity index (χ0) is 10.6. The van der Waals surface area contributed by atoms with Crippen molar-refractivity contribution in [3.8, 4) is 0 Å². The highest BCUT2D eigenvalue weighted by molar-refractivity contribution is 6.30. The van der Waals surface area contributed by atoms with Gasteiger partial charge >= 0.3 is 0 Å². The fourth-order valence-corrected chi connectivity index (χ4v) is 3.17. The van der Waals surface area contributed by atoms with E-state index in [1.165, 1.54) is 18.1 Å². The van der Waals surface area contributed by atoms with Crippen LogP contribution < -0.4 is 0 Å². The Labute approximate surface area is 93.8 Å². The molecule has 3 heteroatoms. The molecule has 0 amide bonds. The Morgan fingerprint density at radius 3 is 2.93 bits per heavy atom. The van der Waals surface area contributed by atoms with Gasteiger partial charge in [-0.3, -0.25) is 0 Å². The molecule has 0 N–H and O–H groups in total. The summed E-state index contributed by atoms with van der Waals surface area (Å²) in [6.07, 6.45) is 1.24. The molecule has 1 heterocycles. The quantitative estimate of drug-likeness (QED) is 0.711. The van der Waals surface area contributed by atoms with Gasteiger partial charge in [0.25, 0.3) is 0 Å². The Morgan fingerprint density at radius 1 is 1.53 bits per heavy atom. The fourth-order valence-electron chi connectivity index (χ4n) is 2.99. The van der Waals surface area contributed by atoms with E-state index in [0.717, 1.165) is 19.0 Å². The van der Waals surface area contributed by atoms with Crippen LogP contribution in [0.3, 0.4) is 0 Å². The van der Waals surface area contributed by atoms with E-state index in [0.29, 0.717) is 0 Å². The minimum atomic E-state index is -0.319. The summed E-state index contributed by atoms with van der Waals surface area (Å²) in [5.74, 6) is 0.435. The van der Waals surface area contributed by atoms with E-state index in [4.69, 9.17) is 11.6 Å². The number of likely N-dealkylation sites (tertiary alicyclic amines) is 1. The summed E-state index contributed by atoms with van der Waals surface area (Å²) in [5, 5.41) is 0.252. The summed E-state index contributed by atoms with van der Waals surface area (Å²) in [6.45, 7) is 2.24. The molecule has 3 rings (SSSR count). The van der Waals surface area contributed by atoms with Gasteiger partial charge < -0.3 is 4.90 Å². The number of hydrogen-bond acceptors (Lipinski definition) is 1. The van der Waals surface area contributed by atoms with Crippen LogP contribution in [-0.2, 0) is 5.41 Å². The lowest BCUT2D eigenvalue weighted by molar-refractivity contribution is 0.363. The number of nitrogens with zero attached hydrogens (tertiary/aromatic N) is 1. The maximum atomic E-state index is 13.1. The van der Waals surface area contributed by atoms with Gasteiger partial charge in [0.05, 0.1) is 5.02 Å². The van der Waals surface area contributed by atoms with E-state index < -0.39 is 0 Å². The van der Waals surface area contributed by atoms with Gasteiger partial charge in [0.15, 0.2) is 0 Å². The average Bonchev–Trinajstić information content (AvgIpc) is 2.75. The first kappa shape index (κ1) is 9.61. The SMILES string of the molecule is CN1C[C@H]2CC2(c2ccc(F)c(Cl)c2)C1. The van der Waals surface area contributed by atoms with Gasteiger partial charge in [0.1, 0.15) is 5.82 Å². The van der Waals surface area contributed by atoms with Gasteiger partial charge in [-0.2, -0.15) is 0 Å². The minimum absolute atomic E-state index is 0.252. The second-order valence-electron chi connectivity index (χ2n) is 4.88. The van der Waals surface area contributed by atoms with Crippen LogP contribution in [0.4, 0.5) is 4.39 Å². The molecular formula is C12H13ClFN. The van der Waals surface area contributed by atoms with E-state index in [1.807, 2.05) is 6.07 Å². The van der Waals surface area contributed by atoms with Crippen LogP contribution in [-0.4, -0.2) is 25.0 Å². The Bertz CT molecular complexity index is 420. The number of rotatable bonds is 1. The van der Waals surface area contributed by atoms with Crippen molar-refractivity contribution in [3.63, 3.8) is 0 Å². The Kier molecular flexibility index (Phi) is 1.89. The molecule has 1 aromatic carbocycles. The highest BCUT2D eigenvalue weighted by Gasteiger charge is 2.59. The Hall–Kier alpha value is -0.600. The monoisotopic (exact) mass is 225 g/mol. The second kappa shape index (κ2) is 2.96. The largest absolute Gasteiger partial charge is 0.305 e. The number of hydrogen-bond donors (Lipinski definition) is 0. The van der Waals surface area contributed by atoms with E-state index in [1.54, 1.807) is 6.07 Å². The first-order valence-corrected chi connectivity index (χ1v) is 5.64. The van der Waals surface area contributed by atoms with Gasteiger partial charge in [0.2, 0.25) is 0 Å². The highest BCUT2D eigenvalue weighted by Crippen LogP contribution is 2.58. The van der Waals surface area contributed by atoms with Crippen molar-refractivity contribution in [2.45, 2.75) is 11.8 Å². The first-order valence-electron chi connectivity index (χ1n) is 5.26. The lowest BCUT2D eigenvalue weighted by Crippen LogP contribution is -2.22. The van der Waals surface area contributed by atoms with Crippen LogP contribution in [0, 0.1) is 11.7 Å². The fraction of sp³-hybridized carbons (Fsp3) is 0.500. The standard InChI is InChI=1S/C12H13ClFN/c1-15-6-9-5-12(9,7-15)8-2-3-11(14)10(13)4-8/h2-4,9H,5-7H2,1H3/t9-,12?/m1/s1. The van der Waals surface area contributed by atoms with Crippen molar-refractivity contribution in [1.29, 1.82) is 0 Å². The van der Waals surface area contributed by atoms with Crippen LogP contribution in [0.15, 0.2) is 18.2 Å². The first-order chi connectivity index (χ1) is 7.12. The van der Waals surface area contributed by atoms with Crippen molar-refractivity contribution in [3.05, 3.63) is 34.6 Å². The molecule has 2 aliphatic rings. The van der Waals surface area contributed by atoms with Crippen molar-refractivity contribution < 1.29 is 4.39 Å². The van der Waals surface area contributed by atoms with E-state index in [2.05, 4.69) is 11.9 Å². The van der Waals surface area contributed by atoms with Gasteiger partial charge in [-0.25, -0.2) is 4.39 Å². The smallest absolute Gasteiger partial charge is 0.141 e. The molecule has 0 radical (unpaired) electrons. The Morgan fingerprint density at radius 2 is 2.33 bits per heavy atom. The molecule has 1 nitrogen and oxygen atoms in total. The number of halogens is 2. The highest BCUT2D eigenvalue weighted by atomic mass is 35.5. The molecule has 80 valence electrons. The topological polar surface area (TPSA) is 3.24 Å². The maximum absolute atomic E-state index is 13.1. The van der Waals surface area contributed by atoms with Crippen LogP contribution in [0.1, 0.15) is 12.0 Å². The van der Waals surface area contributed by atoms with Crippen LogP contribution in [0.5, 0.6) is 0 Å². The predicted octanol–water partition coefficient (Wildman–Crippen LogP) is 2.68. The molecular weight excluding hydrogens is 213 g/mol. The Balaban J connectivity index is 1.97. The predicted molar refractivity (Wildman–Crippen MR) is 58.7 cm³/mol. The lowest BCUT2D eigenvalue weighted by atomic mass is 9.95. The molecule has 1 saturated heterocycles. The summed E-state index contributed by atoms with van der Waals surface area (Å²) in [6, 6.07) is 5.18. The summed E-state index contributed by atoms with van der Waals surface area (Å²) in [7, 11) is 2.14. The molecule has 1 saturated carbocycles. The zero-order valence-corrected chi connectivity index (χ0v) is 9.39. The maximum Gasteiger partial charge on any atom is 0.141 e. The third kappa shape index (κ3) is 1.31. The van der Waals surface area contributed by atoms with Crippen LogP contribution in [0.25, 0.3) is 0 Å². The molecule has 0 aromatic heterocycles. The summed E-state index contributed by atoms with van der Waals surface area (Å²) in [4.78, 5) is 2.34. The van der Waals surface area contributed by atoms with E-state index in [-0.39, 0.29) is 16.3 Å². The summed E-state index contributed by atoms with van der Waals surface area (Å²) < 4.78 is 13.1. The number of piperidine rings is 1. The zero-order valence-electron chi connectivity index (χ0n) is 8.63. The molecule has 0 bridgehead atoms. The van der Waals surface area contributed by atoms with Gasteiger partial charge in [0, 0.05) is 18.5 Å². The van der Waals surface area contributed by atoms with Crippen molar-refractivity contribution in [2.75, 3.05) is 20.1 Å². The summed E-state index contributed by atoms with van der Waals surface area (Å²) >= 11 is 5.82. The molecule has 2 atom stereocenters. The summed E-state index contributed by atoms with van der Waals surface area (Å²) in [5.41, 5.74) is 1.50. The second-order valence-corrected chi connectivity index (χ2v) is 5.29. The number of fused-ring (bicyclic) bond motifs is 1.